The van der Waals surface area contributed by atoms with Crippen molar-refractivity contribution < 1.29 is 4.74 Å². The molecule has 0 bridgehead atoms. The molecule has 0 atom stereocenters. The van der Waals surface area contributed by atoms with E-state index in [9.17, 15) is 0 Å². The molecule has 1 nitrogen and oxygen atoms in total. The van der Waals surface area contributed by atoms with Crippen molar-refractivity contribution in [2.75, 3.05) is 7.11 Å². The lowest BCUT2D eigenvalue weighted by Gasteiger charge is -2.24. The van der Waals surface area contributed by atoms with Gasteiger partial charge in [0.25, 0.3) is 0 Å². The van der Waals surface area contributed by atoms with Crippen LogP contribution >= 0.6 is 31.9 Å². The minimum absolute atomic E-state index is 0.0893. The normalized spacial score (nSPS) is 11.6. The van der Waals surface area contributed by atoms with E-state index in [1.807, 2.05) is 0 Å². The molecule has 0 N–H and O–H groups in total. The molecule has 3 heteroatoms. The second kappa shape index (κ2) is 4.88. The quantitative estimate of drug-likeness (QED) is 0.715. The number of halogens is 2. The summed E-state index contributed by atoms with van der Waals surface area (Å²) in [7, 11) is 1.73. The van der Waals surface area contributed by atoms with Gasteiger partial charge in [0.15, 0.2) is 0 Å². The molecule has 0 saturated heterocycles. The van der Waals surface area contributed by atoms with Gasteiger partial charge in [-0.1, -0.05) is 52.6 Å². The molecular weight excluding hydrogens is 320 g/mol. The highest BCUT2D eigenvalue weighted by molar-refractivity contribution is 9.10. The predicted octanol–water partition coefficient (Wildman–Crippen LogP) is 4.65. The standard InChI is InChI=1S/C12H16Br2O/c1-12(2,3)10-6-9(14)5-8(7-13)11(10)15-4/h5-6H,7H2,1-4H3. The van der Waals surface area contributed by atoms with E-state index in [0.717, 1.165) is 15.6 Å². The first-order valence-electron chi connectivity index (χ1n) is 4.83. The number of benzene rings is 1. The lowest BCUT2D eigenvalue weighted by Crippen LogP contribution is -2.13. The first kappa shape index (κ1) is 13.0. The third kappa shape index (κ3) is 2.97. The average Bonchev–Trinajstić information content (AvgIpc) is 2.15. The lowest BCUT2D eigenvalue weighted by atomic mass is 9.85. The molecule has 0 aliphatic heterocycles. The summed E-state index contributed by atoms with van der Waals surface area (Å²) >= 11 is 7.02. The maximum atomic E-state index is 5.50. The van der Waals surface area contributed by atoms with Crippen LogP contribution in [0.1, 0.15) is 31.9 Å². The Labute approximate surface area is 108 Å². The Bertz CT molecular complexity index is 353. The minimum Gasteiger partial charge on any atom is -0.496 e. The smallest absolute Gasteiger partial charge is 0.126 e. The first-order chi connectivity index (χ1) is 6.90. The summed E-state index contributed by atoms with van der Waals surface area (Å²) in [6.45, 7) is 6.57. The van der Waals surface area contributed by atoms with Crippen molar-refractivity contribution in [2.45, 2.75) is 31.5 Å². The van der Waals surface area contributed by atoms with E-state index in [-0.39, 0.29) is 5.41 Å². The highest BCUT2D eigenvalue weighted by Gasteiger charge is 2.21. The molecule has 0 radical (unpaired) electrons. The van der Waals surface area contributed by atoms with Crippen molar-refractivity contribution in [2.24, 2.45) is 0 Å². The molecule has 1 rings (SSSR count). The fourth-order valence-corrected chi connectivity index (χ4v) is 2.47. The van der Waals surface area contributed by atoms with Crippen LogP contribution in [-0.4, -0.2) is 7.11 Å². The summed E-state index contributed by atoms with van der Waals surface area (Å²) in [6.07, 6.45) is 0. The van der Waals surface area contributed by atoms with Crippen LogP contribution in [-0.2, 0) is 10.7 Å². The van der Waals surface area contributed by atoms with Crippen molar-refractivity contribution in [3.8, 4) is 5.75 Å². The fourth-order valence-electron chi connectivity index (χ4n) is 1.55. The highest BCUT2D eigenvalue weighted by Crippen LogP contribution is 2.37. The Morgan fingerprint density at radius 3 is 2.27 bits per heavy atom. The number of hydrogen-bond acceptors (Lipinski definition) is 1. The van der Waals surface area contributed by atoms with E-state index in [4.69, 9.17) is 4.74 Å². The van der Waals surface area contributed by atoms with Gasteiger partial charge in [-0.15, -0.1) is 0 Å². The third-order valence-corrected chi connectivity index (χ3v) is 3.35. The molecule has 84 valence electrons. The maximum Gasteiger partial charge on any atom is 0.126 e. The van der Waals surface area contributed by atoms with Gasteiger partial charge in [0.1, 0.15) is 5.75 Å². The topological polar surface area (TPSA) is 9.23 Å². The molecule has 0 spiro atoms. The second-order valence-electron chi connectivity index (χ2n) is 4.53. The summed E-state index contributed by atoms with van der Waals surface area (Å²) in [5.41, 5.74) is 2.50. The molecule has 0 unspecified atom stereocenters. The van der Waals surface area contributed by atoms with Gasteiger partial charge in [0, 0.05) is 20.9 Å². The SMILES string of the molecule is COc1c(CBr)cc(Br)cc1C(C)(C)C. The fraction of sp³-hybridized carbons (Fsp3) is 0.500. The molecule has 0 fully saturated rings. The number of alkyl halides is 1. The summed E-state index contributed by atoms with van der Waals surface area (Å²) in [5.74, 6) is 0.988. The Kier molecular flexibility index (Phi) is 4.24. The molecule has 1 aromatic rings. The zero-order chi connectivity index (χ0) is 11.6. The highest BCUT2D eigenvalue weighted by atomic mass is 79.9. The summed E-state index contributed by atoms with van der Waals surface area (Å²) in [6, 6.07) is 4.22. The van der Waals surface area contributed by atoms with Crippen LogP contribution in [0.5, 0.6) is 5.75 Å². The zero-order valence-electron chi connectivity index (χ0n) is 9.53. The minimum atomic E-state index is 0.0893. The van der Waals surface area contributed by atoms with Gasteiger partial charge in [-0.2, -0.15) is 0 Å². The molecular formula is C12H16Br2O. The molecule has 0 saturated carbocycles. The summed E-state index contributed by atoms with van der Waals surface area (Å²) in [4.78, 5) is 0. The monoisotopic (exact) mass is 334 g/mol. The Morgan fingerprint density at radius 2 is 1.87 bits per heavy atom. The molecule has 0 aliphatic carbocycles. The van der Waals surface area contributed by atoms with E-state index in [0.29, 0.717) is 0 Å². The van der Waals surface area contributed by atoms with E-state index >= 15 is 0 Å². The van der Waals surface area contributed by atoms with Crippen LogP contribution in [0.25, 0.3) is 0 Å². The van der Waals surface area contributed by atoms with Gasteiger partial charge in [0.2, 0.25) is 0 Å². The summed E-state index contributed by atoms with van der Waals surface area (Å²) in [5, 5.41) is 0.804. The Hall–Kier alpha value is -0.0200. The van der Waals surface area contributed by atoms with Gasteiger partial charge in [-0.3, -0.25) is 0 Å². The van der Waals surface area contributed by atoms with Gasteiger partial charge >= 0.3 is 0 Å². The van der Waals surface area contributed by atoms with Crippen LogP contribution in [0.15, 0.2) is 16.6 Å². The number of rotatable bonds is 2. The van der Waals surface area contributed by atoms with Crippen LogP contribution in [0, 0.1) is 0 Å². The zero-order valence-corrected chi connectivity index (χ0v) is 12.7. The lowest BCUT2D eigenvalue weighted by molar-refractivity contribution is 0.394. The van der Waals surface area contributed by atoms with Crippen molar-refractivity contribution >= 4 is 31.9 Å². The van der Waals surface area contributed by atoms with E-state index < -0.39 is 0 Å². The Balaban J connectivity index is 3.42. The molecule has 0 aromatic heterocycles. The molecule has 0 amide bonds. The van der Waals surface area contributed by atoms with E-state index in [2.05, 4.69) is 64.8 Å². The van der Waals surface area contributed by atoms with Crippen LogP contribution in [0.2, 0.25) is 0 Å². The molecule has 15 heavy (non-hydrogen) atoms. The maximum absolute atomic E-state index is 5.50. The van der Waals surface area contributed by atoms with Gasteiger partial charge in [0.05, 0.1) is 7.11 Å². The second-order valence-corrected chi connectivity index (χ2v) is 6.01. The van der Waals surface area contributed by atoms with Crippen molar-refractivity contribution in [3.05, 3.63) is 27.7 Å². The predicted molar refractivity (Wildman–Crippen MR) is 72.0 cm³/mol. The van der Waals surface area contributed by atoms with Crippen molar-refractivity contribution in [3.63, 3.8) is 0 Å². The molecule has 1 aromatic carbocycles. The van der Waals surface area contributed by atoms with Gasteiger partial charge in [-0.05, 0) is 17.5 Å². The van der Waals surface area contributed by atoms with E-state index in [1.165, 1.54) is 11.1 Å². The number of methoxy groups -OCH3 is 1. The first-order valence-corrected chi connectivity index (χ1v) is 6.74. The molecule has 0 heterocycles. The van der Waals surface area contributed by atoms with Gasteiger partial charge in [-0.25, -0.2) is 0 Å². The van der Waals surface area contributed by atoms with Gasteiger partial charge < -0.3 is 4.74 Å². The van der Waals surface area contributed by atoms with Crippen LogP contribution < -0.4 is 4.74 Å². The van der Waals surface area contributed by atoms with Crippen LogP contribution in [0.4, 0.5) is 0 Å². The summed E-state index contributed by atoms with van der Waals surface area (Å²) < 4.78 is 6.60. The number of ether oxygens (including phenoxy) is 1. The number of hydrogen-bond donors (Lipinski definition) is 0. The Morgan fingerprint density at radius 1 is 1.27 bits per heavy atom. The van der Waals surface area contributed by atoms with Crippen LogP contribution in [0.3, 0.4) is 0 Å². The average molecular weight is 336 g/mol. The molecule has 0 aliphatic rings. The third-order valence-electron chi connectivity index (χ3n) is 2.29. The van der Waals surface area contributed by atoms with E-state index in [1.54, 1.807) is 7.11 Å². The van der Waals surface area contributed by atoms with Crippen molar-refractivity contribution in [1.82, 2.24) is 0 Å². The largest absolute Gasteiger partial charge is 0.496 e. The van der Waals surface area contributed by atoms with Crippen molar-refractivity contribution in [1.29, 1.82) is 0 Å².